The molecule has 0 saturated heterocycles. The first-order valence-electron chi connectivity index (χ1n) is 6.24. The Balaban J connectivity index is 2.96. The lowest BCUT2D eigenvalue weighted by atomic mass is 10.1. The predicted octanol–water partition coefficient (Wildman–Crippen LogP) is 4.09. The van der Waals surface area contributed by atoms with Gasteiger partial charge in [-0.15, -0.1) is 11.6 Å². The van der Waals surface area contributed by atoms with Crippen LogP contribution in [0.3, 0.4) is 0 Å². The Hall–Kier alpha value is -1.23. The van der Waals surface area contributed by atoms with Crippen molar-refractivity contribution in [2.75, 3.05) is 13.1 Å². The van der Waals surface area contributed by atoms with E-state index in [4.69, 9.17) is 11.6 Å². The standard InChI is InChI=1S/C14H17ClF3NO/c1-10(2)8-19(9-14(16,17)18)13(20)12-5-3-4-11(6-12)7-15/h3-6,10H,7-9H2,1-2H3. The van der Waals surface area contributed by atoms with Gasteiger partial charge in [-0.2, -0.15) is 13.2 Å². The monoisotopic (exact) mass is 307 g/mol. The molecule has 0 heterocycles. The number of carbonyl (C=O) groups is 1. The summed E-state index contributed by atoms with van der Waals surface area (Å²) in [5.74, 6) is -0.453. The van der Waals surface area contributed by atoms with Crippen LogP contribution in [0.25, 0.3) is 0 Å². The van der Waals surface area contributed by atoms with Crippen molar-refractivity contribution in [2.45, 2.75) is 25.9 Å². The maximum atomic E-state index is 12.6. The highest BCUT2D eigenvalue weighted by molar-refractivity contribution is 6.17. The van der Waals surface area contributed by atoms with Crippen LogP contribution in [0.4, 0.5) is 13.2 Å². The Morgan fingerprint density at radius 1 is 1.35 bits per heavy atom. The third kappa shape index (κ3) is 5.41. The van der Waals surface area contributed by atoms with Crippen molar-refractivity contribution in [1.82, 2.24) is 4.90 Å². The maximum absolute atomic E-state index is 12.6. The van der Waals surface area contributed by atoms with Crippen molar-refractivity contribution in [2.24, 2.45) is 5.92 Å². The highest BCUT2D eigenvalue weighted by atomic mass is 35.5. The molecule has 0 saturated carbocycles. The first-order chi connectivity index (χ1) is 9.23. The zero-order valence-electron chi connectivity index (χ0n) is 11.4. The van der Waals surface area contributed by atoms with E-state index in [9.17, 15) is 18.0 Å². The molecule has 1 aromatic rings. The van der Waals surface area contributed by atoms with E-state index in [0.717, 1.165) is 4.90 Å². The fourth-order valence-electron chi connectivity index (χ4n) is 1.85. The van der Waals surface area contributed by atoms with Gasteiger partial charge in [-0.3, -0.25) is 4.79 Å². The van der Waals surface area contributed by atoms with E-state index in [1.807, 2.05) is 0 Å². The van der Waals surface area contributed by atoms with Gasteiger partial charge >= 0.3 is 6.18 Å². The Bertz CT molecular complexity index is 460. The lowest BCUT2D eigenvalue weighted by Crippen LogP contribution is -2.41. The Labute approximate surface area is 121 Å². The van der Waals surface area contributed by atoms with E-state index < -0.39 is 18.6 Å². The number of alkyl halides is 4. The molecule has 1 aromatic carbocycles. The van der Waals surface area contributed by atoms with Gasteiger partial charge in [0.15, 0.2) is 0 Å². The fourth-order valence-corrected chi connectivity index (χ4v) is 2.01. The number of hydrogen-bond acceptors (Lipinski definition) is 1. The molecule has 0 radical (unpaired) electrons. The first kappa shape index (κ1) is 16.8. The Morgan fingerprint density at radius 2 is 2.00 bits per heavy atom. The highest BCUT2D eigenvalue weighted by Crippen LogP contribution is 2.20. The summed E-state index contributed by atoms with van der Waals surface area (Å²) in [5.41, 5.74) is 0.932. The van der Waals surface area contributed by atoms with Crippen molar-refractivity contribution < 1.29 is 18.0 Å². The fraction of sp³-hybridized carbons (Fsp3) is 0.500. The Morgan fingerprint density at radius 3 is 2.50 bits per heavy atom. The summed E-state index contributed by atoms with van der Waals surface area (Å²) in [6.07, 6.45) is -4.41. The number of nitrogens with zero attached hydrogens (tertiary/aromatic N) is 1. The molecule has 112 valence electrons. The van der Waals surface area contributed by atoms with Crippen molar-refractivity contribution in [3.8, 4) is 0 Å². The molecule has 0 aromatic heterocycles. The molecule has 20 heavy (non-hydrogen) atoms. The zero-order valence-corrected chi connectivity index (χ0v) is 12.1. The summed E-state index contributed by atoms with van der Waals surface area (Å²) in [6, 6.07) is 6.37. The van der Waals surface area contributed by atoms with Crippen LogP contribution in [0.1, 0.15) is 29.8 Å². The predicted molar refractivity (Wildman–Crippen MR) is 72.8 cm³/mol. The van der Waals surface area contributed by atoms with Gasteiger partial charge < -0.3 is 4.90 Å². The van der Waals surface area contributed by atoms with Gasteiger partial charge in [0.25, 0.3) is 5.91 Å². The molecule has 0 atom stereocenters. The molecule has 1 rings (SSSR count). The number of benzene rings is 1. The minimum atomic E-state index is -4.41. The van der Waals surface area contributed by atoms with Gasteiger partial charge in [-0.05, 0) is 23.6 Å². The topological polar surface area (TPSA) is 20.3 Å². The molecule has 0 aliphatic carbocycles. The lowest BCUT2D eigenvalue weighted by Gasteiger charge is -2.25. The van der Waals surface area contributed by atoms with Crippen LogP contribution in [0.15, 0.2) is 24.3 Å². The van der Waals surface area contributed by atoms with Gasteiger partial charge in [-0.25, -0.2) is 0 Å². The van der Waals surface area contributed by atoms with Gasteiger partial charge in [0.2, 0.25) is 0 Å². The lowest BCUT2D eigenvalue weighted by molar-refractivity contribution is -0.141. The molecule has 0 spiro atoms. The maximum Gasteiger partial charge on any atom is 0.406 e. The van der Waals surface area contributed by atoms with Crippen LogP contribution in [-0.4, -0.2) is 30.1 Å². The summed E-state index contributed by atoms with van der Waals surface area (Å²) < 4.78 is 37.7. The molecule has 0 bridgehead atoms. The average Bonchev–Trinajstić information content (AvgIpc) is 2.35. The zero-order chi connectivity index (χ0) is 15.3. The van der Waals surface area contributed by atoms with Crippen molar-refractivity contribution >= 4 is 17.5 Å². The second-order valence-corrected chi connectivity index (χ2v) is 5.30. The molecular formula is C14H17ClF3NO. The van der Waals surface area contributed by atoms with Crippen LogP contribution in [-0.2, 0) is 5.88 Å². The molecule has 0 aliphatic heterocycles. The van der Waals surface area contributed by atoms with Gasteiger partial charge in [0, 0.05) is 18.0 Å². The molecule has 0 aliphatic rings. The number of hydrogen-bond donors (Lipinski definition) is 0. The normalized spacial score (nSPS) is 11.8. The highest BCUT2D eigenvalue weighted by Gasteiger charge is 2.33. The smallest absolute Gasteiger partial charge is 0.329 e. The molecule has 2 nitrogen and oxygen atoms in total. The number of carbonyl (C=O) groups excluding carboxylic acids is 1. The summed E-state index contributed by atoms with van der Waals surface area (Å²) >= 11 is 5.67. The summed E-state index contributed by atoms with van der Waals surface area (Å²) in [4.78, 5) is 13.0. The minimum absolute atomic E-state index is 0.0440. The van der Waals surface area contributed by atoms with Crippen LogP contribution in [0.2, 0.25) is 0 Å². The van der Waals surface area contributed by atoms with Crippen LogP contribution in [0.5, 0.6) is 0 Å². The van der Waals surface area contributed by atoms with E-state index in [2.05, 4.69) is 0 Å². The second kappa shape index (κ2) is 6.97. The molecule has 0 unspecified atom stereocenters. The summed E-state index contributed by atoms with van der Waals surface area (Å²) in [6.45, 7) is 2.36. The van der Waals surface area contributed by atoms with Crippen LogP contribution < -0.4 is 0 Å². The third-order valence-corrected chi connectivity index (χ3v) is 2.88. The van der Waals surface area contributed by atoms with E-state index >= 15 is 0 Å². The van der Waals surface area contributed by atoms with Crippen molar-refractivity contribution in [3.63, 3.8) is 0 Å². The second-order valence-electron chi connectivity index (χ2n) is 5.03. The summed E-state index contributed by atoms with van der Waals surface area (Å²) in [7, 11) is 0. The molecule has 0 N–H and O–H groups in total. The van der Waals surface area contributed by atoms with Crippen molar-refractivity contribution in [1.29, 1.82) is 0 Å². The Kier molecular flexibility index (Phi) is 5.87. The van der Waals surface area contributed by atoms with Gasteiger partial charge in [-0.1, -0.05) is 26.0 Å². The van der Waals surface area contributed by atoms with E-state index in [1.54, 1.807) is 26.0 Å². The number of amides is 1. The minimum Gasteiger partial charge on any atom is -0.329 e. The quantitative estimate of drug-likeness (QED) is 0.750. The number of rotatable bonds is 5. The summed E-state index contributed by atoms with van der Waals surface area (Å²) in [5, 5.41) is 0. The van der Waals surface area contributed by atoms with E-state index in [0.29, 0.717) is 5.56 Å². The molecule has 0 fully saturated rings. The third-order valence-electron chi connectivity index (χ3n) is 2.57. The van der Waals surface area contributed by atoms with Gasteiger partial charge in [0.1, 0.15) is 6.54 Å². The first-order valence-corrected chi connectivity index (χ1v) is 6.77. The van der Waals surface area contributed by atoms with Crippen LogP contribution >= 0.6 is 11.6 Å². The van der Waals surface area contributed by atoms with E-state index in [-0.39, 0.29) is 23.9 Å². The average molecular weight is 308 g/mol. The van der Waals surface area contributed by atoms with Crippen LogP contribution in [0, 0.1) is 5.92 Å². The van der Waals surface area contributed by atoms with Crippen molar-refractivity contribution in [3.05, 3.63) is 35.4 Å². The molecule has 6 heteroatoms. The number of halogens is 4. The largest absolute Gasteiger partial charge is 0.406 e. The molecule has 1 amide bonds. The molecular weight excluding hydrogens is 291 g/mol. The van der Waals surface area contributed by atoms with Gasteiger partial charge in [0.05, 0.1) is 0 Å². The SMILES string of the molecule is CC(C)CN(CC(F)(F)F)C(=O)c1cccc(CCl)c1. The van der Waals surface area contributed by atoms with E-state index in [1.165, 1.54) is 12.1 Å².